The van der Waals surface area contributed by atoms with Gasteiger partial charge in [-0.3, -0.25) is 0 Å². The van der Waals surface area contributed by atoms with Crippen molar-refractivity contribution in [3.8, 4) is 0 Å². The Hall–Kier alpha value is -0.470. The van der Waals surface area contributed by atoms with Crippen molar-refractivity contribution in [2.45, 2.75) is 24.9 Å². The average molecular weight is 222 g/mol. The molecule has 0 bridgehead atoms. The number of benzene rings is 1. The van der Waals surface area contributed by atoms with Gasteiger partial charge in [-0.15, -0.1) is 11.3 Å². The molecule has 0 saturated heterocycles. The fourth-order valence-corrected chi connectivity index (χ4v) is 3.22. The van der Waals surface area contributed by atoms with E-state index in [0.717, 1.165) is 5.75 Å². The molecule has 0 aliphatic rings. The maximum Gasteiger partial charge on any atom is 0.0345 e. The number of fused-ring (bicyclic) bond motifs is 1. The van der Waals surface area contributed by atoms with Crippen molar-refractivity contribution in [1.29, 1.82) is 0 Å². The smallest absolute Gasteiger partial charge is 0.0345 e. The normalized spacial score (nSPS) is 11.4. The molecule has 2 aromatic rings. The van der Waals surface area contributed by atoms with Gasteiger partial charge in [-0.25, -0.2) is 0 Å². The first kappa shape index (κ1) is 10.1. The monoisotopic (exact) mass is 222 g/mol. The Balaban J connectivity index is 2.25. The molecule has 0 N–H and O–H groups in total. The summed E-state index contributed by atoms with van der Waals surface area (Å²) in [6, 6.07) is 8.66. The molecule has 2 heteroatoms. The van der Waals surface area contributed by atoms with Crippen LogP contribution in [0.25, 0.3) is 10.1 Å². The van der Waals surface area contributed by atoms with Crippen molar-refractivity contribution in [2.24, 2.45) is 0 Å². The molecule has 0 unspecified atom stereocenters. The summed E-state index contributed by atoms with van der Waals surface area (Å²) in [5.41, 5.74) is 1.49. The molecule has 0 spiro atoms. The Kier molecular flexibility index (Phi) is 3.14. The fourth-order valence-electron chi connectivity index (χ4n) is 1.40. The minimum Gasteiger partial charge on any atom is -0.154 e. The van der Waals surface area contributed by atoms with E-state index >= 15 is 0 Å². The highest BCUT2D eigenvalue weighted by atomic mass is 32.2. The SMILES string of the molecule is CC(C)SCc1csc2ccccc12. The summed E-state index contributed by atoms with van der Waals surface area (Å²) in [5.74, 6) is 1.14. The van der Waals surface area contributed by atoms with Crippen molar-refractivity contribution in [3.63, 3.8) is 0 Å². The van der Waals surface area contributed by atoms with Gasteiger partial charge in [0.1, 0.15) is 0 Å². The molecule has 1 aromatic carbocycles. The third-order valence-corrected chi connectivity index (χ3v) is 4.29. The lowest BCUT2D eigenvalue weighted by atomic mass is 10.2. The van der Waals surface area contributed by atoms with Gasteiger partial charge in [-0.1, -0.05) is 32.0 Å². The Labute approximate surface area is 93.3 Å². The maximum absolute atomic E-state index is 2.29. The maximum atomic E-state index is 2.29. The molecule has 1 heterocycles. The number of hydrogen-bond acceptors (Lipinski definition) is 2. The number of thiophene rings is 1. The fraction of sp³-hybridized carbons (Fsp3) is 0.333. The van der Waals surface area contributed by atoms with E-state index < -0.39 is 0 Å². The van der Waals surface area contributed by atoms with Gasteiger partial charge >= 0.3 is 0 Å². The zero-order chi connectivity index (χ0) is 9.97. The lowest BCUT2D eigenvalue weighted by Gasteiger charge is -2.03. The molecule has 0 fully saturated rings. The van der Waals surface area contributed by atoms with Crippen LogP contribution in [0.5, 0.6) is 0 Å². The van der Waals surface area contributed by atoms with E-state index in [9.17, 15) is 0 Å². The molecule has 2 rings (SSSR count). The predicted molar refractivity (Wildman–Crippen MR) is 68.3 cm³/mol. The van der Waals surface area contributed by atoms with Crippen LogP contribution in [0.4, 0.5) is 0 Å². The summed E-state index contributed by atoms with van der Waals surface area (Å²) in [7, 11) is 0. The van der Waals surface area contributed by atoms with Crippen LogP contribution >= 0.6 is 23.1 Å². The van der Waals surface area contributed by atoms with Crippen LogP contribution in [-0.2, 0) is 5.75 Å². The highest BCUT2D eigenvalue weighted by molar-refractivity contribution is 7.99. The molecule has 0 aliphatic carbocycles. The molecule has 74 valence electrons. The van der Waals surface area contributed by atoms with Gasteiger partial charge in [0.2, 0.25) is 0 Å². The molecule has 1 aromatic heterocycles. The van der Waals surface area contributed by atoms with Crippen molar-refractivity contribution >= 4 is 33.2 Å². The van der Waals surface area contributed by atoms with Crippen LogP contribution in [0.15, 0.2) is 29.6 Å². The van der Waals surface area contributed by atoms with Gasteiger partial charge < -0.3 is 0 Å². The quantitative estimate of drug-likeness (QED) is 0.734. The molecule has 0 nitrogen and oxygen atoms in total. The van der Waals surface area contributed by atoms with Gasteiger partial charge in [0.15, 0.2) is 0 Å². The van der Waals surface area contributed by atoms with E-state index in [0.29, 0.717) is 5.25 Å². The van der Waals surface area contributed by atoms with Crippen LogP contribution in [0.3, 0.4) is 0 Å². The minimum absolute atomic E-state index is 0.716. The van der Waals surface area contributed by atoms with Gasteiger partial charge in [0.05, 0.1) is 0 Å². The van der Waals surface area contributed by atoms with E-state index in [1.54, 1.807) is 0 Å². The summed E-state index contributed by atoms with van der Waals surface area (Å²) in [5, 5.41) is 4.44. The van der Waals surface area contributed by atoms with Gasteiger partial charge in [-0.05, 0) is 27.6 Å². The second-order valence-electron chi connectivity index (χ2n) is 3.62. The van der Waals surface area contributed by atoms with Gasteiger partial charge in [0, 0.05) is 10.5 Å². The Morgan fingerprint density at radius 2 is 2.07 bits per heavy atom. The number of thioether (sulfide) groups is 1. The molecule has 0 atom stereocenters. The third-order valence-electron chi connectivity index (χ3n) is 2.13. The van der Waals surface area contributed by atoms with E-state index in [1.807, 2.05) is 23.1 Å². The van der Waals surface area contributed by atoms with Crippen LogP contribution in [0.2, 0.25) is 0 Å². The van der Waals surface area contributed by atoms with Gasteiger partial charge in [-0.2, -0.15) is 11.8 Å². The van der Waals surface area contributed by atoms with Crippen molar-refractivity contribution in [1.82, 2.24) is 0 Å². The molecule has 0 aliphatic heterocycles. The molecule has 0 amide bonds. The third kappa shape index (κ3) is 2.12. The molecular weight excluding hydrogens is 208 g/mol. The van der Waals surface area contributed by atoms with Crippen molar-refractivity contribution in [3.05, 3.63) is 35.2 Å². The second kappa shape index (κ2) is 4.37. The first-order chi connectivity index (χ1) is 6.77. The van der Waals surface area contributed by atoms with E-state index in [-0.39, 0.29) is 0 Å². The molecule has 0 saturated carbocycles. The topological polar surface area (TPSA) is 0 Å². The number of rotatable bonds is 3. The standard InChI is InChI=1S/C12H14S2/c1-9(2)13-7-10-8-14-12-6-4-3-5-11(10)12/h3-6,8-9H,7H2,1-2H3. The van der Waals surface area contributed by atoms with E-state index in [1.165, 1.54) is 15.6 Å². The molecule has 14 heavy (non-hydrogen) atoms. The van der Waals surface area contributed by atoms with Crippen molar-refractivity contribution in [2.75, 3.05) is 0 Å². The van der Waals surface area contributed by atoms with E-state index in [4.69, 9.17) is 0 Å². The van der Waals surface area contributed by atoms with Crippen LogP contribution in [0, 0.1) is 0 Å². The van der Waals surface area contributed by atoms with Crippen LogP contribution in [0.1, 0.15) is 19.4 Å². The van der Waals surface area contributed by atoms with Gasteiger partial charge in [0.25, 0.3) is 0 Å². The summed E-state index contributed by atoms with van der Waals surface area (Å²) < 4.78 is 1.41. The number of hydrogen-bond donors (Lipinski definition) is 0. The molecular formula is C12H14S2. The van der Waals surface area contributed by atoms with Crippen LogP contribution in [-0.4, -0.2) is 5.25 Å². The highest BCUT2D eigenvalue weighted by Crippen LogP contribution is 2.29. The molecule has 0 radical (unpaired) electrons. The lowest BCUT2D eigenvalue weighted by Crippen LogP contribution is -1.87. The Morgan fingerprint density at radius 1 is 1.29 bits per heavy atom. The van der Waals surface area contributed by atoms with Crippen LogP contribution < -0.4 is 0 Å². The second-order valence-corrected chi connectivity index (χ2v) is 6.09. The zero-order valence-electron chi connectivity index (χ0n) is 8.49. The lowest BCUT2D eigenvalue weighted by molar-refractivity contribution is 1.11. The summed E-state index contributed by atoms with van der Waals surface area (Å²) in [6.07, 6.45) is 0. The Morgan fingerprint density at radius 3 is 2.86 bits per heavy atom. The summed E-state index contributed by atoms with van der Waals surface area (Å²) in [6.45, 7) is 4.50. The Bertz CT molecular complexity index is 415. The predicted octanol–water partition coefficient (Wildman–Crippen LogP) is 4.54. The van der Waals surface area contributed by atoms with Crippen molar-refractivity contribution < 1.29 is 0 Å². The average Bonchev–Trinajstić information content (AvgIpc) is 2.58. The summed E-state index contributed by atoms with van der Waals surface area (Å²) >= 11 is 3.86. The first-order valence-corrected chi connectivity index (χ1v) is 6.77. The largest absolute Gasteiger partial charge is 0.154 e. The zero-order valence-corrected chi connectivity index (χ0v) is 10.1. The van der Waals surface area contributed by atoms with E-state index in [2.05, 4.69) is 43.5 Å². The minimum atomic E-state index is 0.716. The summed E-state index contributed by atoms with van der Waals surface area (Å²) in [4.78, 5) is 0. The first-order valence-electron chi connectivity index (χ1n) is 4.84. The highest BCUT2D eigenvalue weighted by Gasteiger charge is 2.03.